The third kappa shape index (κ3) is 6.22. The molecule has 0 atom stereocenters. The lowest BCUT2D eigenvalue weighted by atomic mass is 9.87. The van der Waals surface area contributed by atoms with Crippen LogP contribution in [-0.4, -0.2) is 12.9 Å². The van der Waals surface area contributed by atoms with Gasteiger partial charge in [-0.15, -0.1) is 0 Å². The van der Waals surface area contributed by atoms with Crippen LogP contribution in [0.25, 0.3) is 6.08 Å². The molecule has 160 valence electrons. The van der Waals surface area contributed by atoms with Gasteiger partial charge in [0.2, 0.25) is 0 Å². The Balaban J connectivity index is 1.71. The molecule has 4 heteroatoms. The molecular formula is C27H27ClO3. The van der Waals surface area contributed by atoms with E-state index in [-0.39, 0.29) is 11.2 Å². The van der Waals surface area contributed by atoms with Crippen molar-refractivity contribution in [2.45, 2.75) is 32.8 Å². The smallest absolute Gasteiger partial charge is 0.185 e. The number of benzene rings is 3. The Morgan fingerprint density at radius 1 is 0.968 bits per heavy atom. The third-order valence-corrected chi connectivity index (χ3v) is 5.23. The van der Waals surface area contributed by atoms with E-state index in [0.29, 0.717) is 17.2 Å². The molecule has 0 saturated carbocycles. The van der Waals surface area contributed by atoms with Gasteiger partial charge in [-0.1, -0.05) is 56.6 Å². The second-order valence-corrected chi connectivity index (χ2v) is 8.78. The maximum atomic E-state index is 12.4. The minimum atomic E-state index is -0.0794. The van der Waals surface area contributed by atoms with E-state index in [4.69, 9.17) is 21.1 Å². The number of hydrogen-bond donors (Lipinski definition) is 0. The summed E-state index contributed by atoms with van der Waals surface area (Å²) in [7, 11) is 1.64. The van der Waals surface area contributed by atoms with Crippen molar-refractivity contribution in [1.82, 2.24) is 0 Å². The first kappa shape index (κ1) is 22.6. The van der Waals surface area contributed by atoms with Crippen molar-refractivity contribution in [3.05, 3.63) is 100 Å². The molecule has 0 bridgehead atoms. The van der Waals surface area contributed by atoms with Crippen LogP contribution < -0.4 is 9.47 Å². The van der Waals surface area contributed by atoms with Crippen LogP contribution in [0, 0.1) is 0 Å². The van der Waals surface area contributed by atoms with Crippen LogP contribution >= 0.6 is 11.6 Å². The van der Waals surface area contributed by atoms with E-state index >= 15 is 0 Å². The zero-order valence-corrected chi connectivity index (χ0v) is 19.1. The van der Waals surface area contributed by atoms with Crippen molar-refractivity contribution in [1.29, 1.82) is 0 Å². The van der Waals surface area contributed by atoms with Crippen molar-refractivity contribution in [3.8, 4) is 11.5 Å². The van der Waals surface area contributed by atoms with Gasteiger partial charge in [-0.3, -0.25) is 4.79 Å². The number of halogens is 1. The Hall–Kier alpha value is -3.04. The van der Waals surface area contributed by atoms with E-state index in [2.05, 4.69) is 32.9 Å². The molecule has 0 aromatic heterocycles. The molecule has 0 spiro atoms. The van der Waals surface area contributed by atoms with E-state index in [9.17, 15) is 4.79 Å². The number of ether oxygens (including phenoxy) is 2. The molecule has 0 heterocycles. The number of methoxy groups -OCH3 is 1. The topological polar surface area (TPSA) is 35.5 Å². The van der Waals surface area contributed by atoms with E-state index in [1.807, 2.05) is 30.3 Å². The van der Waals surface area contributed by atoms with Crippen LogP contribution in [0.2, 0.25) is 5.02 Å². The highest BCUT2D eigenvalue weighted by Crippen LogP contribution is 2.26. The molecule has 0 N–H and O–H groups in total. The summed E-state index contributed by atoms with van der Waals surface area (Å²) in [5, 5.41) is 0.605. The monoisotopic (exact) mass is 434 g/mol. The second kappa shape index (κ2) is 9.84. The summed E-state index contributed by atoms with van der Waals surface area (Å²) in [4.78, 5) is 12.4. The normalized spacial score (nSPS) is 11.5. The lowest BCUT2D eigenvalue weighted by Gasteiger charge is -2.19. The molecule has 0 aliphatic rings. The van der Waals surface area contributed by atoms with E-state index < -0.39 is 0 Å². The quantitative estimate of drug-likeness (QED) is 0.293. The molecule has 0 amide bonds. The third-order valence-electron chi connectivity index (χ3n) is 4.98. The fraction of sp³-hybridized carbons (Fsp3) is 0.222. The molecule has 0 unspecified atom stereocenters. The molecule has 3 nitrogen and oxygen atoms in total. The average Bonchev–Trinajstić information content (AvgIpc) is 2.76. The van der Waals surface area contributed by atoms with Gasteiger partial charge in [0.25, 0.3) is 0 Å². The van der Waals surface area contributed by atoms with Crippen LogP contribution in [0.1, 0.15) is 47.8 Å². The minimum Gasteiger partial charge on any atom is -0.496 e. The zero-order chi connectivity index (χ0) is 22.4. The molecule has 0 aliphatic carbocycles. The Kier molecular flexibility index (Phi) is 7.19. The van der Waals surface area contributed by atoms with Gasteiger partial charge in [-0.05, 0) is 71.1 Å². The molecule has 3 rings (SSSR count). The SMILES string of the molecule is COc1ccc(/C=C/C(=O)c2ccc(Cl)cc2)cc1COc1ccc(C(C)(C)C)cc1. The first-order valence-electron chi connectivity index (χ1n) is 10.1. The Bertz CT molecular complexity index is 1060. The van der Waals surface area contributed by atoms with E-state index in [1.54, 1.807) is 43.5 Å². The van der Waals surface area contributed by atoms with Crippen molar-refractivity contribution in [3.63, 3.8) is 0 Å². The fourth-order valence-corrected chi connectivity index (χ4v) is 3.24. The Morgan fingerprint density at radius 3 is 2.26 bits per heavy atom. The highest BCUT2D eigenvalue weighted by atomic mass is 35.5. The van der Waals surface area contributed by atoms with Crippen molar-refractivity contribution < 1.29 is 14.3 Å². The summed E-state index contributed by atoms with van der Waals surface area (Å²) in [6.07, 6.45) is 3.35. The van der Waals surface area contributed by atoms with Crippen LogP contribution in [0.5, 0.6) is 11.5 Å². The van der Waals surface area contributed by atoms with Crippen LogP contribution in [-0.2, 0) is 12.0 Å². The zero-order valence-electron chi connectivity index (χ0n) is 18.3. The number of ketones is 1. The summed E-state index contributed by atoms with van der Waals surface area (Å²) in [5.74, 6) is 1.46. The highest BCUT2D eigenvalue weighted by molar-refractivity contribution is 6.30. The van der Waals surface area contributed by atoms with E-state index in [0.717, 1.165) is 22.6 Å². The van der Waals surface area contributed by atoms with Crippen molar-refractivity contribution in [2.75, 3.05) is 7.11 Å². The summed E-state index contributed by atoms with van der Waals surface area (Å²) in [5.41, 5.74) is 3.76. The summed E-state index contributed by atoms with van der Waals surface area (Å²) >= 11 is 5.88. The molecule has 0 saturated heterocycles. The lowest BCUT2D eigenvalue weighted by Crippen LogP contribution is -2.10. The van der Waals surface area contributed by atoms with Crippen LogP contribution in [0.15, 0.2) is 72.8 Å². The van der Waals surface area contributed by atoms with Gasteiger partial charge in [0.1, 0.15) is 18.1 Å². The van der Waals surface area contributed by atoms with Gasteiger partial charge in [0, 0.05) is 16.1 Å². The van der Waals surface area contributed by atoms with Gasteiger partial charge in [0.05, 0.1) is 7.11 Å². The molecular weight excluding hydrogens is 408 g/mol. The molecule has 31 heavy (non-hydrogen) atoms. The summed E-state index contributed by atoms with van der Waals surface area (Å²) < 4.78 is 11.5. The number of carbonyl (C=O) groups is 1. The van der Waals surface area contributed by atoms with Crippen LogP contribution in [0.4, 0.5) is 0 Å². The number of hydrogen-bond acceptors (Lipinski definition) is 3. The summed E-state index contributed by atoms with van der Waals surface area (Å²) in [6, 6.07) is 20.8. The minimum absolute atomic E-state index is 0.0794. The standard InChI is InChI=1S/C27H27ClO3/c1-27(2,3)22-9-13-24(14-10-22)31-18-21-17-19(6-16-26(21)30-4)5-15-25(29)20-7-11-23(28)12-8-20/h5-17H,18H2,1-4H3/b15-5+. The van der Waals surface area contributed by atoms with Gasteiger partial charge >= 0.3 is 0 Å². The number of carbonyl (C=O) groups excluding carboxylic acids is 1. The lowest BCUT2D eigenvalue weighted by molar-refractivity contribution is 0.104. The highest BCUT2D eigenvalue weighted by Gasteiger charge is 2.13. The molecule has 0 radical (unpaired) electrons. The predicted octanol–water partition coefficient (Wildman–Crippen LogP) is 7.12. The molecule has 0 fully saturated rings. The van der Waals surface area contributed by atoms with Crippen LogP contribution in [0.3, 0.4) is 0 Å². The first-order chi connectivity index (χ1) is 14.8. The van der Waals surface area contributed by atoms with E-state index in [1.165, 1.54) is 5.56 Å². The van der Waals surface area contributed by atoms with Crippen molar-refractivity contribution >= 4 is 23.5 Å². The molecule has 3 aromatic rings. The second-order valence-electron chi connectivity index (χ2n) is 8.34. The van der Waals surface area contributed by atoms with Gasteiger partial charge in [-0.2, -0.15) is 0 Å². The predicted molar refractivity (Wildman–Crippen MR) is 127 cm³/mol. The number of rotatable bonds is 7. The molecule has 3 aromatic carbocycles. The van der Waals surface area contributed by atoms with Gasteiger partial charge in [0.15, 0.2) is 5.78 Å². The average molecular weight is 435 g/mol. The maximum Gasteiger partial charge on any atom is 0.185 e. The summed E-state index contributed by atoms with van der Waals surface area (Å²) in [6.45, 7) is 6.92. The van der Waals surface area contributed by atoms with Gasteiger partial charge in [-0.25, -0.2) is 0 Å². The van der Waals surface area contributed by atoms with Gasteiger partial charge < -0.3 is 9.47 Å². The number of allylic oxidation sites excluding steroid dienone is 1. The Morgan fingerprint density at radius 2 is 1.65 bits per heavy atom. The molecule has 0 aliphatic heterocycles. The van der Waals surface area contributed by atoms with Crippen molar-refractivity contribution in [2.24, 2.45) is 0 Å². The Labute approximate surface area is 189 Å². The largest absolute Gasteiger partial charge is 0.496 e. The fourth-order valence-electron chi connectivity index (χ4n) is 3.11. The first-order valence-corrected chi connectivity index (χ1v) is 10.5. The maximum absolute atomic E-state index is 12.4.